The second kappa shape index (κ2) is 8.87. The number of methoxy groups -OCH3 is 3. The van der Waals surface area contributed by atoms with E-state index in [1.165, 1.54) is 21.3 Å². The summed E-state index contributed by atoms with van der Waals surface area (Å²) in [5.41, 5.74) is 0.696. The van der Waals surface area contributed by atoms with E-state index in [2.05, 4.69) is 10.6 Å². The van der Waals surface area contributed by atoms with Gasteiger partial charge in [-0.2, -0.15) is 0 Å². The maximum atomic E-state index is 12.0. The quantitative estimate of drug-likeness (QED) is 0.742. The maximum Gasteiger partial charge on any atom is 0.239 e. The molecule has 128 valence electrons. The Morgan fingerprint density at radius 2 is 1.57 bits per heavy atom. The fourth-order valence-electron chi connectivity index (χ4n) is 2.04. The summed E-state index contributed by atoms with van der Waals surface area (Å²) < 4.78 is 15.7. The van der Waals surface area contributed by atoms with Crippen LogP contribution in [0.4, 0.5) is 0 Å². The molecule has 1 aromatic rings. The Bertz CT molecular complexity index is 532. The lowest BCUT2D eigenvalue weighted by molar-refractivity contribution is -0.126. The second-order valence-electron chi connectivity index (χ2n) is 5.21. The molecule has 23 heavy (non-hydrogen) atoms. The molecule has 0 aliphatic heterocycles. The summed E-state index contributed by atoms with van der Waals surface area (Å²) in [7, 11) is 4.54. The molecule has 0 aliphatic rings. The predicted octanol–water partition coefficient (Wildman–Crippen LogP) is 0.896. The summed E-state index contributed by atoms with van der Waals surface area (Å²) in [5.74, 6) is 0.936. The molecule has 0 heterocycles. The predicted molar refractivity (Wildman–Crippen MR) is 86.1 cm³/mol. The molecule has 0 bridgehead atoms. The Labute approximate surface area is 136 Å². The molecule has 1 aromatic carbocycles. The van der Waals surface area contributed by atoms with E-state index in [1.54, 1.807) is 12.1 Å². The van der Waals surface area contributed by atoms with Gasteiger partial charge < -0.3 is 24.8 Å². The molecule has 2 N–H and O–H groups in total. The highest BCUT2D eigenvalue weighted by molar-refractivity contribution is 5.86. The van der Waals surface area contributed by atoms with Crippen LogP contribution in [0.2, 0.25) is 0 Å². The van der Waals surface area contributed by atoms with E-state index in [0.717, 1.165) is 0 Å². The van der Waals surface area contributed by atoms with Crippen LogP contribution in [0.15, 0.2) is 12.1 Å². The number of hydrogen-bond donors (Lipinski definition) is 2. The van der Waals surface area contributed by atoms with Crippen molar-refractivity contribution in [1.29, 1.82) is 0 Å². The van der Waals surface area contributed by atoms with E-state index in [9.17, 15) is 9.59 Å². The standard InChI is InChI=1S/C16H24N2O5/c1-10(2)18-15(20)9-17-14(19)8-11-6-12(21-3)16(23-5)13(7-11)22-4/h6-7,10H,8-9H2,1-5H3,(H,17,19)(H,18,20). The molecule has 2 amide bonds. The molecule has 0 unspecified atom stereocenters. The Morgan fingerprint density at radius 3 is 2.00 bits per heavy atom. The normalized spacial score (nSPS) is 10.2. The highest BCUT2D eigenvalue weighted by atomic mass is 16.5. The number of ether oxygens (including phenoxy) is 3. The van der Waals surface area contributed by atoms with Crippen LogP contribution in [-0.4, -0.2) is 45.7 Å². The van der Waals surface area contributed by atoms with E-state index < -0.39 is 0 Å². The molecule has 7 nitrogen and oxygen atoms in total. The maximum absolute atomic E-state index is 12.0. The van der Waals surface area contributed by atoms with Crippen LogP contribution in [0.1, 0.15) is 19.4 Å². The lowest BCUT2D eigenvalue weighted by Crippen LogP contribution is -2.40. The molecule has 0 saturated heterocycles. The third-order valence-electron chi connectivity index (χ3n) is 2.98. The first-order valence-electron chi connectivity index (χ1n) is 7.26. The zero-order valence-electron chi connectivity index (χ0n) is 14.2. The van der Waals surface area contributed by atoms with Crippen molar-refractivity contribution in [3.8, 4) is 17.2 Å². The Balaban J connectivity index is 2.73. The van der Waals surface area contributed by atoms with E-state index in [1.807, 2.05) is 13.8 Å². The average Bonchev–Trinajstić information content (AvgIpc) is 2.51. The Morgan fingerprint density at radius 1 is 1.00 bits per heavy atom. The van der Waals surface area contributed by atoms with E-state index in [4.69, 9.17) is 14.2 Å². The van der Waals surface area contributed by atoms with Gasteiger partial charge in [0.2, 0.25) is 17.6 Å². The Hall–Kier alpha value is -2.44. The minimum absolute atomic E-state index is 0.0366. The van der Waals surface area contributed by atoms with E-state index in [0.29, 0.717) is 22.8 Å². The van der Waals surface area contributed by atoms with Crippen molar-refractivity contribution in [3.63, 3.8) is 0 Å². The van der Waals surface area contributed by atoms with Gasteiger partial charge in [0.25, 0.3) is 0 Å². The molecule has 0 saturated carbocycles. The fraction of sp³-hybridized carbons (Fsp3) is 0.500. The minimum Gasteiger partial charge on any atom is -0.493 e. The number of rotatable bonds is 8. The van der Waals surface area contributed by atoms with Crippen molar-refractivity contribution in [2.75, 3.05) is 27.9 Å². The van der Waals surface area contributed by atoms with Crippen molar-refractivity contribution < 1.29 is 23.8 Å². The van der Waals surface area contributed by atoms with Gasteiger partial charge in [0, 0.05) is 6.04 Å². The van der Waals surface area contributed by atoms with Crippen molar-refractivity contribution in [2.24, 2.45) is 0 Å². The smallest absolute Gasteiger partial charge is 0.239 e. The number of carbonyl (C=O) groups is 2. The number of amides is 2. The van der Waals surface area contributed by atoms with Crippen LogP contribution in [0, 0.1) is 0 Å². The highest BCUT2D eigenvalue weighted by Crippen LogP contribution is 2.38. The first-order valence-corrected chi connectivity index (χ1v) is 7.26. The SMILES string of the molecule is COc1cc(CC(=O)NCC(=O)NC(C)C)cc(OC)c1OC. The van der Waals surface area contributed by atoms with Gasteiger partial charge in [0.1, 0.15) is 0 Å². The average molecular weight is 324 g/mol. The van der Waals surface area contributed by atoms with Crippen LogP contribution in [0.3, 0.4) is 0 Å². The monoisotopic (exact) mass is 324 g/mol. The second-order valence-corrected chi connectivity index (χ2v) is 5.21. The molecule has 0 aromatic heterocycles. The van der Waals surface area contributed by atoms with Crippen LogP contribution < -0.4 is 24.8 Å². The zero-order chi connectivity index (χ0) is 17.4. The van der Waals surface area contributed by atoms with Gasteiger partial charge in [-0.25, -0.2) is 0 Å². The lowest BCUT2D eigenvalue weighted by atomic mass is 10.1. The summed E-state index contributed by atoms with van der Waals surface area (Å²) in [6.07, 6.45) is 0.103. The number of hydrogen-bond acceptors (Lipinski definition) is 5. The van der Waals surface area contributed by atoms with Crippen molar-refractivity contribution in [3.05, 3.63) is 17.7 Å². The summed E-state index contributed by atoms with van der Waals surface area (Å²) in [5, 5.41) is 5.28. The van der Waals surface area contributed by atoms with Gasteiger partial charge in [-0.05, 0) is 31.5 Å². The van der Waals surface area contributed by atoms with Gasteiger partial charge in [0.05, 0.1) is 34.3 Å². The van der Waals surface area contributed by atoms with Crippen molar-refractivity contribution >= 4 is 11.8 Å². The van der Waals surface area contributed by atoms with E-state index >= 15 is 0 Å². The molecular weight excluding hydrogens is 300 g/mol. The lowest BCUT2D eigenvalue weighted by Gasteiger charge is -2.14. The van der Waals surface area contributed by atoms with E-state index in [-0.39, 0.29) is 30.8 Å². The van der Waals surface area contributed by atoms with Crippen LogP contribution in [0.5, 0.6) is 17.2 Å². The largest absolute Gasteiger partial charge is 0.493 e. The third-order valence-corrected chi connectivity index (χ3v) is 2.98. The minimum atomic E-state index is -0.266. The number of benzene rings is 1. The third kappa shape index (κ3) is 5.69. The first kappa shape index (κ1) is 18.6. The van der Waals surface area contributed by atoms with Crippen LogP contribution >= 0.6 is 0 Å². The molecule has 0 aliphatic carbocycles. The molecule has 0 atom stereocenters. The van der Waals surface area contributed by atoms with Gasteiger partial charge in [0.15, 0.2) is 11.5 Å². The van der Waals surface area contributed by atoms with Gasteiger partial charge in [-0.15, -0.1) is 0 Å². The van der Waals surface area contributed by atoms with Crippen molar-refractivity contribution in [2.45, 2.75) is 26.3 Å². The number of nitrogens with one attached hydrogen (secondary N) is 2. The summed E-state index contributed by atoms with van der Waals surface area (Å²) >= 11 is 0. The summed E-state index contributed by atoms with van der Waals surface area (Å²) in [4.78, 5) is 23.5. The molecule has 0 fully saturated rings. The molecule has 7 heteroatoms. The van der Waals surface area contributed by atoms with Gasteiger partial charge >= 0.3 is 0 Å². The highest BCUT2D eigenvalue weighted by Gasteiger charge is 2.15. The van der Waals surface area contributed by atoms with Gasteiger partial charge in [-0.3, -0.25) is 9.59 Å². The van der Waals surface area contributed by atoms with Gasteiger partial charge in [-0.1, -0.05) is 0 Å². The molecule has 1 rings (SSSR count). The number of carbonyl (C=O) groups excluding carboxylic acids is 2. The molecule has 0 radical (unpaired) electrons. The topological polar surface area (TPSA) is 85.9 Å². The van der Waals surface area contributed by atoms with Crippen LogP contribution in [-0.2, 0) is 16.0 Å². The molecule has 0 spiro atoms. The summed E-state index contributed by atoms with van der Waals surface area (Å²) in [6, 6.07) is 3.44. The Kier molecular flexibility index (Phi) is 7.18. The fourth-order valence-corrected chi connectivity index (χ4v) is 2.04. The summed E-state index contributed by atoms with van der Waals surface area (Å²) in [6.45, 7) is 3.66. The molecular formula is C16H24N2O5. The van der Waals surface area contributed by atoms with Crippen LogP contribution in [0.25, 0.3) is 0 Å². The first-order chi connectivity index (χ1) is 10.9. The van der Waals surface area contributed by atoms with Crippen molar-refractivity contribution in [1.82, 2.24) is 10.6 Å². The zero-order valence-corrected chi connectivity index (χ0v) is 14.2.